The highest BCUT2D eigenvalue weighted by molar-refractivity contribution is 9.10. The minimum Gasteiger partial charge on any atom is -0.271 e. The van der Waals surface area contributed by atoms with Crippen LogP contribution in [0.1, 0.15) is 5.56 Å². The van der Waals surface area contributed by atoms with E-state index >= 15 is 0 Å². The fourth-order valence-electron chi connectivity index (χ4n) is 1.87. The molecule has 0 aliphatic rings. The van der Waals surface area contributed by atoms with Gasteiger partial charge in [0.25, 0.3) is 0 Å². The molecule has 0 amide bonds. The third kappa shape index (κ3) is 4.59. The Balaban J connectivity index is 1.94. The number of nitrogens with two attached hydrogens (primary N) is 1. The van der Waals surface area contributed by atoms with Gasteiger partial charge in [0.15, 0.2) is 0 Å². The first-order valence-corrected chi connectivity index (χ1v) is 8.05. The highest BCUT2D eigenvalue weighted by Crippen LogP contribution is 2.27. The lowest BCUT2D eigenvalue weighted by atomic mass is 10.1. The van der Waals surface area contributed by atoms with Gasteiger partial charge >= 0.3 is 0 Å². The van der Waals surface area contributed by atoms with Crippen LogP contribution in [0.2, 0.25) is 0 Å². The van der Waals surface area contributed by atoms with Crippen LogP contribution in [0, 0.1) is 5.82 Å². The Hall–Kier alpha value is -0.880. The van der Waals surface area contributed by atoms with Crippen LogP contribution in [-0.2, 0) is 6.42 Å². The molecule has 0 aromatic heterocycles. The fourth-order valence-corrected chi connectivity index (χ4v) is 3.47. The second kappa shape index (κ2) is 7.78. The zero-order valence-electron chi connectivity index (χ0n) is 10.9. The van der Waals surface area contributed by atoms with Gasteiger partial charge in [-0.05, 0) is 52.2 Å². The van der Waals surface area contributed by atoms with Crippen molar-refractivity contribution in [1.82, 2.24) is 5.43 Å². The van der Waals surface area contributed by atoms with E-state index in [0.717, 1.165) is 15.8 Å². The van der Waals surface area contributed by atoms with Crippen molar-refractivity contribution in [2.24, 2.45) is 5.84 Å². The second-order valence-electron chi connectivity index (χ2n) is 4.44. The minimum atomic E-state index is -0.211. The molecule has 0 spiro atoms. The zero-order chi connectivity index (χ0) is 14.4. The van der Waals surface area contributed by atoms with Gasteiger partial charge in [-0.3, -0.25) is 11.3 Å². The van der Waals surface area contributed by atoms with Crippen molar-refractivity contribution in [3.05, 3.63) is 64.4 Å². The van der Waals surface area contributed by atoms with Crippen LogP contribution in [0.4, 0.5) is 4.39 Å². The third-order valence-corrected chi connectivity index (χ3v) is 5.07. The lowest BCUT2D eigenvalue weighted by Crippen LogP contribution is -2.38. The lowest BCUT2D eigenvalue weighted by molar-refractivity contribution is 0.570. The number of halogens is 2. The van der Waals surface area contributed by atoms with Crippen molar-refractivity contribution >= 4 is 27.7 Å². The molecule has 2 aromatic rings. The maximum absolute atomic E-state index is 13.2. The van der Waals surface area contributed by atoms with Crippen LogP contribution in [0.15, 0.2) is 57.9 Å². The van der Waals surface area contributed by atoms with Gasteiger partial charge < -0.3 is 0 Å². The number of benzene rings is 2. The monoisotopic (exact) mass is 354 g/mol. The van der Waals surface area contributed by atoms with Crippen molar-refractivity contribution in [2.45, 2.75) is 17.4 Å². The van der Waals surface area contributed by atoms with Crippen molar-refractivity contribution in [1.29, 1.82) is 0 Å². The maximum Gasteiger partial charge on any atom is 0.123 e. The molecular formula is C15H16BrFN2S. The normalized spacial score (nSPS) is 12.3. The molecule has 0 fully saturated rings. The van der Waals surface area contributed by atoms with Crippen LogP contribution in [0.25, 0.3) is 0 Å². The molecule has 2 rings (SSSR count). The fraction of sp³-hybridized carbons (Fsp3) is 0.200. The molecule has 2 aromatic carbocycles. The number of nitrogens with one attached hydrogen (secondary N) is 1. The van der Waals surface area contributed by atoms with Crippen LogP contribution in [-0.4, -0.2) is 11.8 Å². The summed E-state index contributed by atoms with van der Waals surface area (Å²) in [6.07, 6.45) is 0.700. The molecule has 1 unspecified atom stereocenters. The zero-order valence-corrected chi connectivity index (χ0v) is 13.3. The van der Waals surface area contributed by atoms with Crippen molar-refractivity contribution in [3.8, 4) is 0 Å². The Morgan fingerprint density at radius 3 is 2.70 bits per heavy atom. The van der Waals surface area contributed by atoms with E-state index in [4.69, 9.17) is 5.84 Å². The van der Waals surface area contributed by atoms with Crippen LogP contribution >= 0.6 is 27.7 Å². The van der Waals surface area contributed by atoms with Crippen LogP contribution in [0.3, 0.4) is 0 Å². The first-order chi connectivity index (χ1) is 9.69. The second-order valence-corrected chi connectivity index (χ2v) is 6.36. The van der Waals surface area contributed by atoms with Gasteiger partial charge in [0.2, 0.25) is 0 Å². The SMILES string of the molecule is NNC(CSc1ccccc1Br)Cc1cccc(F)c1. The first kappa shape index (κ1) is 15.5. The number of hydrazine groups is 1. The van der Waals surface area contributed by atoms with E-state index in [2.05, 4.69) is 27.4 Å². The molecule has 0 saturated heterocycles. The molecule has 5 heteroatoms. The Kier molecular flexibility index (Phi) is 6.04. The molecule has 0 aliphatic carbocycles. The quantitative estimate of drug-likeness (QED) is 0.471. The predicted octanol–water partition coefficient (Wildman–Crippen LogP) is 3.75. The summed E-state index contributed by atoms with van der Waals surface area (Å²) in [5, 5.41) is 0. The number of hydrogen-bond acceptors (Lipinski definition) is 3. The van der Waals surface area contributed by atoms with Crippen molar-refractivity contribution in [2.75, 3.05) is 5.75 Å². The summed E-state index contributed by atoms with van der Waals surface area (Å²) in [6.45, 7) is 0. The van der Waals surface area contributed by atoms with Gasteiger partial charge in [0.1, 0.15) is 5.82 Å². The van der Waals surface area contributed by atoms with Crippen molar-refractivity contribution < 1.29 is 4.39 Å². The predicted molar refractivity (Wildman–Crippen MR) is 86.1 cm³/mol. The summed E-state index contributed by atoms with van der Waals surface area (Å²) in [4.78, 5) is 1.17. The lowest BCUT2D eigenvalue weighted by Gasteiger charge is -2.16. The third-order valence-electron chi connectivity index (χ3n) is 2.88. The molecule has 20 heavy (non-hydrogen) atoms. The molecule has 3 N–H and O–H groups in total. The van der Waals surface area contributed by atoms with E-state index < -0.39 is 0 Å². The summed E-state index contributed by atoms with van der Waals surface area (Å²) in [5.41, 5.74) is 3.75. The Morgan fingerprint density at radius 1 is 1.20 bits per heavy atom. The maximum atomic E-state index is 13.2. The Morgan fingerprint density at radius 2 is 2.00 bits per heavy atom. The molecule has 106 valence electrons. The minimum absolute atomic E-state index is 0.0916. The average Bonchev–Trinajstić information content (AvgIpc) is 2.45. The highest BCUT2D eigenvalue weighted by atomic mass is 79.9. The van der Waals surface area contributed by atoms with Gasteiger partial charge in [-0.25, -0.2) is 4.39 Å². The van der Waals surface area contributed by atoms with Crippen LogP contribution < -0.4 is 11.3 Å². The molecule has 0 aliphatic heterocycles. The number of thioether (sulfide) groups is 1. The van der Waals surface area contributed by atoms with E-state index in [1.807, 2.05) is 24.3 Å². The molecule has 0 heterocycles. The number of hydrogen-bond donors (Lipinski definition) is 2. The van der Waals surface area contributed by atoms with E-state index in [0.29, 0.717) is 6.42 Å². The molecular weight excluding hydrogens is 339 g/mol. The number of rotatable bonds is 6. The van der Waals surface area contributed by atoms with Crippen LogP contribution in [0.5, 0.6) is 0 Å². The molecule has 0 bridgehead atoms. The summed E-state index contributed by atoms with van der Waals surface area (Å²) in [6, 6.07) is 14.8. The van der Waals surface area contributed by atoms with Gasteiger partial charge in [-0.1, -0.05) is 24.3 Å². The van der Waals surface area contributed by atoms with E-state index in [1.54, 1.807) is 23.9 Å². The van der Waals surface area contributed by atoms with E-state index in [1.165, 1.54) is 11.0 Å². The Bertz CT molecular complexity index is 565. The standard InChI is InChI=1S/C15H16BrFN2S/c16-14-6-1-2-7-15(14)20-10-13(19-18)9-11-4-3-5-12(17)8-11/h1-8,13,19H,9-10,18H2. The first-order valence-electron chi connectivity index (χ1n) is 6.27. The van der Waals surface area contributed by atoms with Gasteiger partial charge in [-0.2, -0.15) is 0 Å². The van der Waals surface area contributed by atoms with Gasteiger partial charge in [0, 0.05) is 21.2 Å². The smallest absolute Gasteiger partial charge is 0.123 e. The molecule has 1 atom stereocenters. The average molecular weight is 355 g/mol. The van der Waals surface area contributed by atoms with E-state index in [-0.39, 0.29) is 11.9 Å². The summed E-state index contributed by atoms with van der Waals surface area (Å²) in [7, 11) is 0. The largest absolute Gasteiger partial charge is 0.271 e. The Labute approximate surface area is 131 Å². The summed E-state index contributed by atoms with van der Waals surface area (Å²) < 4.78 is 14.2. The highest BCUT2D eigenvalue weighted by Gasteiger charge is 2.10. The molecule has 2 nitrogen and oxygen atoms in total. The topological polar surface area (TPSA) is 38.0 Å². The van der Waals surface area contributed by atoms with Gasteiger partial charge in [0.05, 0.1) is 0 Å². The molecule has 0 radical (unpaired) electrons. The molecule has 0 saturated carbocycles. The van der Waals surface area contributed by atoms with Crippen molar-refractivity contribution in [3.63, 3.8) is 0 Å². The van der Waals surface area contributed by atoms with Gasteiger partial charge in [-0.15, -0.1) is 11.8 Å². The summed E-state index contributed by atoms with van der Waals surface area (Å²) >= 11 is 5.24. The van der Waals surface area contributed by atoms with E-state index in [9.17, 15) is 4.39 Å². The summed E-state index contributed by atoms with van der Waals surface area (Å²) in [5.74, 6) is 6.20.